The molecular formula is C14H14F3NO3S2. The standard InChI is InChI=1S/C13H13NS.CHF3O3S/c14-10-11-6-8-13(9-7-11)15-12-4-2-1-3-5-12;2-1(3,4)8(5,6)7/h1-9H,10,14H2;(H,5,6,7). The lowest BCUT2D eigenvalue weighted by Crippen LogP contribution is -2.21. The Morgan fingerprint density at radius 1 is 0.957 bits per heavy atom. The normalized spacial score (nSPS) is 11.5. The molecule has 23 heavy (non-hydrogen) atoms. The molecule has 0 aromatic heterocycles. The molecule has 2 aromatic rings. The smallest absolute Gasteiger partial charge is 0.326 e. The minimum Gasteiger partial charge on any atom is -0.326 e. The van der Waals surface area contributed by atoms with E-state index in [0.717, 1.165) is 0 Å². The fourth-order valence-corrected chi connectivity index (χ4v) is 2.16. The summed E-state index contributed by atoms with van der Waals surface area (Å²) in [6, 6.07) is 18.7. The highest BCUT2D eigenvalue weighted by Crippen LogP contribution is 2.27. The van der Waals surface area contributed by atoms with E-state index in [1.807, 2.05) is 6.07 Å². The monoisotopic (exact) mass is 365 g/mol. The number of alkyl halides is 3. The third-order valence-electron chi connectivity index (χ3n) is 2.43. The van der Waals surface area contributed by atoms with Crippen LogP contribution in [-0.2, 0) is 16.7 Å². The number of halogens is 3. The highest BCUT2D eigenvalue weighted by atomic mass is 32.2. The van der Waals surface area contributed by atoms with Crippen molar-refractivity contribution in [2.75, 3.05) is 0 Å². The van der Waals surface area contributed by atoms with Crippen molar-refractivity contribution in [1.29, 1.82) is 0 Å². The van der Waals surface area contributed by atoms with Crippen molar-refractivity contribution in [1.82, 2.24) is 0 Å². The second-order valence-corrected chi connectivity index (χ2v) is 6.74. The molecule has 0 amide bonds. The van der Waals surface area contributed by atoms with E-state index in [1.165, 1.54) is 15.4 Å². The molecule has 2 aromatic carbocycles. The molecule has 0 radical (unpaired) electrons. The predicted octanol–water partition coefficient (Wildman–Crippen LogP) is 3.69. The summed E-state index contributed by atoms with van der Waals surface area (Å²) >= 11 is 1.77. The summed E-state index contributed by atoms with van der Waals surface area (Å²) < 4.78 is 57.5. The Kier molecular flexibility index (Phi) is 7.07. The Morgan fingerprint density at radius 3 is 1.78 bits per heavy atom. The zero-order valence-electron chi connectivity index (χ0n) is 11.7. The van der Waals surface area contributed by atoms with E-state index in [-0.39, 0.29) is 0 Å². The van der Waals surface area contributed by atoms with E-state index in [9.17, 15) is 13.2 Å². The van der Waals surface area contributed by atoms with Crippen LogP contribution < -0.4 is 5.73 Å². The van der Waals surface area contributed by atoms with E-state index >= 15 is 0 Å². The summed E-state index contributed by atoms with van der Waals surface area (Å²) in [5.41, 5.74) is 1.18. The molecular weight excluding hydrogens is 351 g/mol. The van der Waals surface area contributed by atoms with Crippen LogP contribution in [0.2, 0.25) is 0 Å². The third kappa shape index (κ3) is 7.04. The molecule has 0 spiro atoms. The summed E-state index contributed by atoms with van der Waals surface area (Å²) in [7, 11) is -5.84. The van der Waals surface area contributed by atoms with Gasteiger partial charge in [0.05, 0.1) is 0 Å². The molecule has 0 atom stereocenters. The van der Waals surface area contributed by atoms with Gasteiger partial charge in [-0.1, -0.05) is 42.1 Å². The minimum absolute atomic E-state index is 0.607. The van der Waals surface area contributed by atoms with Crippen LogP contribution >= 0.6 is 11.8 Å². The molecule has 0 bridgehead atoms. The van der Waals surface area contributed by atoms with Gasteiger partial charge in [-0.05, 0) is 29.8 Å². The van der Waals surface area contributed by atoms with E-state index in [1.54, 1.807) is 11.8 Å². The first-order valence-electron chi connectivity index (χ1n) is 6.19. The molecule has 0 aliphatic heterocycles. The van der Waals surface area contributed by atoms with Crippen molar-refractivity contribution >= 4 is 21.9 Å². The maximum absolute atomic E-state index is 10.7. The molecule has 2 rings (SSSR count). The largest absolute Gasteiger partial charge is 0.522 e. The predicted molar refractivity (Wildman–Crippen MR) is 82.5 cm³/mol. The Balaban J connectivity index is 0.000000284. The first-order chi connectivity index (χ1) is 10.6. The maximum atomic E-state index is 10.7. The van der Waals surface area contributed by atoms with E-state index in [4.69, 9.17) is 18.7 Å². The molecule has 0 saturated heterocycles. The molecule has 0 aliphatic carbocycles. The molecule has 4 nitrogen and oxygen atoms in total. The Hall–Kier alpha value is -1.55. The minimum atomic E-state index is -5.84. The number of hydrogen-bond acceptors (Lipinski definition) is 4. The van der Waals surface area contributed by atoms with Gasteiger partial charge in [0.2, 0.25) is 0 Å². The van der Waals surface area contributed by atoms with Crippen LogP contribution in [0.15, 0.2) is 64.4 Å². The van der Waals surface area contributed by atoms with Crippen molar-refractivity contribution in [3.63, 3.8) is 0 Å². The van der Waals surface area contributed by atoms with Crippen LogP contribution in [0.5, 0.6) is 0 Å². The number of rotatable bonds is 3. The van der Waals surface area contributed by atoms with E-state index in [2.05, 4.69) is 48.5 Å². The zero-order valence-corrected chi connectivity index (χ0v) is 13.3. The Morgan fingerprint density at radius 2 is 1.39 bits per heavy atom. The van der Waals surface area contributed by atoms with Crippen LogP contribution in [0.1, 0.15) is 5.56 Å². The number of hydrogen-bond donors (Lipinski definition) is 2. The number of nitrogens with two attached hydrogens (primary N) is 1. The van der Waals surface area contributed by atoms with Gasteiger partial charge in [-0.15, -0.1) is 0 Å². The van der Waals surface area contributed by atoms with Crippen molar-refractivity contribution in [2.24, 2.45) is 5.73 Å². The topological polar surface area (TPSA) is 80.4 Å². The lowest BCUT2D eigenvalue weighted by molar-refractivity contribution is -0.0510. The maximum Gasteiger partial charge on any atom is 0.522 e. The van der Waals surface area contributed by atoms with Gasteiger partial charge in [0.15, 0.2) is 0 Å². The summed E-state index contributed by atoms with van der Waals surface area (Å²) in [4.78, 5) is 2.51. The third-order valence-corrected chi connectivity index (χ3v) is 4.03. The molecule has 3 N–H and O–H groups in total. The Bertz CT molecular complexity index is 702. The van der Waals surface area contributed by atoms with Crippen LogP contribution in [-0.4, -0.2) is 18.5 Å². The molecule has 9 heteroatoms. The molecule has 0 unspecified atom stereocenters. The first-order valence-corrected chi connectivity index (χ1v) is 8.45. The molecule has 0 aliphatic rings. The highest BCUT2D eigenvalue weighted by molar-refractivity contribution is 7.99. The summed E-state index contributed by atoms with van der Waals surface area (Å²) in [6.07, 6.45) is 0. The van der Waals surface area contributed by atoms with Gasteiger partial charge < -0.3 is 5.73 Å². The highest BCUT2D eigenvalue weighted by Gasteiger charge is 2.44. The SMILES string of the molecule is NCc1ccc(Sc2ccccc2)cc1.O=S(=O)(O)C(F)(F)F. The lowest BCUT2D eigenvalue weighted by Gasteiger charge is -2.02. The van der Waals surface area contributed by atoms with Crippen LogP contribution in [0.25, 0.3) is 0 Å². The van der Waals surface area contributed by atoms with Crippen molar-refractivity contribution in [3.05, 3.63) is 60.2 Å². The summed E-state index contributed by atoms with van der Waals surface area (Å²) in [6.45, 7) is 0.607. The van der Waals surface area contributed by atoms with Gasteiger partial charge in [-0.2, -0.15) is 21.6 Å². The summed E-state index contributed by atoms with van der Waals surface area (Å²) in [5, 5.41) is 0. The van der Waals surface area contributed by atoms with Crippen molar-refractivity contribution in [3.8, 4) is 0 Å². The molecule has 0 heterocycles. The quantitative estimate of drug-likeness (QED) is 0.640. The summed E-state index contributed by atoms with van der Waals surface area (Å²) in [5.74, 6) is 0. The fourth-order valence-electron chi connectivity index (χ4n) is 1.32. The van der Waals surface area contributed by atoms with Gasteiger partial charge in [-0.25, -0.2) is 0 Å². The van der Waals surface area contributed by atoms with Gasteiger partial charge in [0.1, 0.15) is 0 Å². The van der Waals surface area contributed by atoms with Crippen LogP contribution in [0.3, 0.4) is 0 Å². The van der Waals surface area contributed by atoms with Gasteiger partial charge in [-0.3, -0.25) is 4.55 Å². The first kappa shape index (κ1) is 19.5. The molecule has 0 fully saturated rings. The molecule has 0 saturated carbocycles. The second-order valence-electron chi connectivity index (χ2n) is 4.18. The lowest BCUT2D eigenvalue weighted by atomic mass is 10.2. The average Bonchev–Trinajstić information content (AvgIpc) is 2.48. The van der Waals surface area contributed by atoms with Crippen LogP contribution in [0.4, 0.5) is 13.2 Å². The molecule has 126 valence electrons. The average molecular weight is 365 g/mol. The second kappa shape index (κ2) is 8.34. The zero-order chi connectivity index (χ0) is 17.5. The van der Waals surface area contributed by atoms with E-state index < -0.39 is 15.6 Å². The van der Waals surface area contributed by atoms with E-state index in [0.29, 0.717) is 6.54 Å². The van der Waals surface area contributed by atoms with Crippen molar-refractivity contribution in [2.45, 2.75) is 21.8 Å². The Labute approximate surface area is 136 Å². The number of benzene rings is 2. The van der Waals surface area contributed by atoms with Gasteiger partial charge in [0.25, 0.3) is 0 Å². The van der Waals surface area contributed by atoms with Gasteiger partial charge in [0, 0.05) is 16.3 Å². The van der Waals surface area contributed by atoms with Gasteiger partial charge >= 0.3 is 15.6 Å². The van der Waals surface area contributed by atoms with Crippen molar-refractivity contribution < 1.29 is 26.1 Å². The fraction of sp³-hybridized carbons (Fsp3) is 0.143. The van der Waals surface area contributed by atoms with Crippen LogP contribution in [0, 0.1) is 0 Å².